The molecule has 0 bridgehead atoms. The molecule has 0 aliphatic rings. The topological polar surface area (TPSA) is 51.1 Å². The number of fused-ring (bicyclic) bond motifs is 1. The number of benzene rings is 2. The number of hydrogen-bond acceptors (Lipinski definition) is 2. The molecule has 0 unspecified atom stereocenters. The minimum Gasteiger partial charge on any atom is -0.337 e. The van der Waals surface area contributed by atoms with Crippen molar-refractivity contribution in [2.75, 3.05) is 5.32 Å². The highest BCUT2D eigenvalue weighted by atomic mass is 16.2. The van der Waals surface area contributed by atoms with E-state index in [1.807, 2.05) is 42.7 Å². The summed E-state index contributed by atoms with van der Waals surface area (Å²) in [5.41, 5.74) is 3.89. The van der Waals surface area contributed by atoms with Crippen LogP contribution in [-0.2, 0) is 6.54 Å². The maximum atomic E-state index is 12.8. The molecule has 0 fully saturated rings. The molecule has 0 aliphatic heterocycles. The lowest BCUT2D eigenvalue weighted by atomic mass is 10.1. The van der Waals surface area contributed by atoms with Crippen molar-refractivity contribution in [1.82, 2.24) is 4.57 Å². The Hall–Kier alpha value is -2.88. The lowest BCUT2D eigenvalue weighted by Crippen LogP contribution is -2.18. The summed E-state index contributed by atoms with van der Waals surface area (Å²) >= 11 is 0. The average Bonchev–Trinajstić information content (AvgIpc) is 2.87. The number of aromatic nitrogens is 1. The van der Waals surface area contributed by atoms with Crippen LogP contribution in [-0.4, -0.2) is 16.3 Å². The zero-order chi connectivity index (χ0) is 17.3. The molecule has 0 aliphatic carbocycles. The second-order valence-corrected chi connectivity index (χ2v) is 5.83. The highest BCUT2D eigenvalue weighted by Gasteiger charge is 2.19. The molecule has 0 radical (unpaired) electrons. The van der Waals surface area contributed by atoms with E-state index in [4.69, 9.17) is 0 Å². The molecule has 1 heterocycles. The van der Waals surface area contributed by atoms with Crippen LogP contribution in [0.15, 0.2) is 48.5 Å². The third kappa shape index (κ3) is 2.71. The number of anilines is 1. The van der Waals surface area contributed by atoms with Crippen LogP contribution < -0.4 is 5.32 Å². The van der Waals surface area contributed by atoms with Gasteiger partial charge in [-0.05, 0) is 44.5 Å². The van der Waals surface area contributed by atoms with Crippen LogP contribution in [0.5, 0.6) is 0 Å². The number of para-hydroxylation sites is 1. The van der Waals surface area contributed by atoms with Crippen LogP contribution >= 0.6 is 0 Å². The van der Waals surface area contributed by atoms with Gasteiger partial charge in [-0.1, -0.05) is 30.3 Å². The Morgan fingerprint density at radius 1 is 1.08 bits per heavy atom. The fourth-order valence-corrected chi connectivity index (χ4v) is 3.10. The van der Waals surface area contributed by atoms with Gasteiger partial charge < -0.3 is 9.88 Å². The normalized spacial score (nSPS) is 10.8. The SMILES string of the molecule is CCn1c(C(=O)Nc2cccc(C(C)=O)c2)c(C)c2ccccc21. The number of hydrogen-bond donors (Lipinski definition) is 1. The molecule has 122 valence electrons. The van der Waals surface area contributed by atoms with E-state index < -0.39 is 0 Å². The Balaban J connectivity index is 2.02. The molecule has 1 N–H and O–H groups in total. The first-order chi connectivity index (χ1) is 11.5. The number of rotatable bonds is 4. The predicted molar refractivity (Wildman–Crippen MR) is 96.7 cm³/mol. The Morgan fingerprint density at radius 2 is 1.83 bits per heavy atom. The van der Waals surface area contributed by atoms with Crippen molar-refractivity contribution in [1.29, 1.82) is 0 Å². The maximum absolute atomic E-state index is 12.8. The van der Waals surface area contributed by atoms with E-state index in [0.717, 1.165) is 16.5 Å². The largest absolute Gasteiger partial charge is 0.337 e. The number of nitrogens with zero attached hydrogens (tertiary/aromatic N) is 1. The van der Waals surface area contributed by atoms with Gasteiger partial charge in [-0.15, -0.1) is 0 Å². The molecule has 1 aromatic heterocycles. The van der Waals surface area contributed by atoms with Crippen molar-refractivity contribution in [3.8, 4) is 0 Å². The van der Waals surface area contributed by atoms with Crippen LogP contribution in [0, 0.1) is 6.92 Å². The first-order valence-corrected chi connectivity index (χ1v) is 8.03. The number of Topliss-reactive ketones (excluding diaryl/α,β-unsaturated/α-hetero) is 1. The molecule has 3 aromatic rings. The third-order valence-electron chi connectivity index (χ3n) is 4.28. The van der Waals surface area contributed by atoms with Crippen molar-refractivity contribution in [2.45, 2.75) is 27.3 Å². The van der Waals surface area contributed by atoms with Gasteiger partial charge in [0.25, 0.3) is 5.91 Å². The van der Waals surface area contributed by atoms with Crippen molar-refractivity contribution in [3.05, 3.63) is 65.4 Å². The van der Waals surface area contributed by atoms with E-state index in [2.05, 4.69) is 5.32 Å². The minimum atomic E-state index is -0.161. The summed E-state index contributed by atoms with van der Waals surface area (Å²) in [6, 6.07) is 15.0. The van der Waals surface area contributed by atoms with Gasteiger partial charge in [0.1, 0.15) is 5.69 Å². The van der Waals surface area contributed by atoms with Gasteiger partial charge in [-0.25, -0.2) is 0 Å². The summed E-state index contributed by atoms with van der Waals surface area (Å²) < 4.78 is 2.02. The second-order valence-electron chi connectivity index (χ2n) is 5.83. The highest BCUT2D eigenvalue weighted by Crippen LogP contribution is 2.26. The smallest absolute Gasteiger partial charge is 0.272 e. The van der Waals surface area contributed by atoms with Gasteiger partial charge >= 0.3 is 0 Å². The summed E-state index contributed by atoms with van der Waals surface area (Å²) in [6.45, 7) is 6.22. The molecule has 2 aromatic carbocycles. The highest BCUT2D eigenvalue weighted by molar-refractivity contribution is 6.08. The van der Waals surface area contributed by atoms with E-state index in [1.54, 1.807) is 24.3 Å². The molecule has 1 amide bonds. The fourth-order valence-electron chi connectivity index (χ4n) is 3.10. The van der Waals surface area contributed by atoms with Crippen molar-refractivity contribution in [2.24, 2.45) is 0 Å². The number of amides is 1. The fraction of sp³-hybridized carbons (Fsp3) is 0.200. The quantitative estimate of drug-likeness (QED) is 0.723. The number of nitrogens with one attached hydrogen (secondary N) is 1. The lowest BCUT2D eigenvalue weighted by molar-refractivity contribution is 0.100. The van der Waals surface area contributed by atoms with Gasteiger partial charge in [0, 0.05) is 28.7 Å². The number of carbonyl (C=O) groups excluding carboxylic acids is 2. The Labute approximate surface area is 141 Å². The number of aryl methyl sites for hydroxylation is 2. The zero-order valence-corrected chi connectivity index (χ0v) is 14.1. The predicted octanol–water partition coefficient (Wildman–Crippen LogP) is 4.42. The molecule has 0 saturated carbocycles. The monoisotopic (exact) mass is 320 g/mol. The van der Waals surface area contributed by atoms with E-state index >= 15 is 0 Å². The van der Waals surface area contributed by atoms with Crippen molar-refractivity contribution >= 4 is 28.3 Å². The summed E-state index contributed by atoms with van der Waals surface area (Å²) in [7, 11) is 0. The first-order valence-electron chi connectivity index (χ1n) is 8.03. The summed E-state index contributed by atoms with van der Waals surface area (Å²) in [4.78, 5) is 24.4. The molecule has 4 heteroatoms. The third-order valence-corrected chi connectivity index (χ3v) is 4.28. The van der Waals surface area contributed by atoms with Gasteiger partial charge in [0.05, 0.1) is 0 Å². The van der Waals surface area contributed by atoms with E-state index in [1.165, 1.54) is 6.92 Å². The van der Waals surface area contributed by atoms with Gasteiger partial charge in [0.15, 0.2) is 5.78 Å². The summed E-state index contributed by atoms with van der Waals surface area (Å²) in [5.74, 6) is -0.184. The Morgan fingerprint density at radius 3 is 2.54 bits per heavy atom. The second kappa shape index (κ2) is 6.32. The van der Waals surface area contributed by atoms with E-state index in [9.17, 15) is 9.59 Å². The number of carbonyl (C=O) groups is 2. The van der Waals surface area contributed by atoms with Crippen LogP contribution in [0.3, 0.4) is 0 Å². The molecule has 0 atom stereocenters. The Bertz CT molecular complexity index is 938. The molecule has 24 heavy (non-hydrogen) atoms. The van der Waals surface area contributed by atoms with Crippen molar-refractivity contribution in [3.63, 3.8) is 0 Å². The van der Waals surface area contributed by atoms with E-state index in [-0.39, 0.29) is 11.7 Å². The minimum absolute atomic E-state index is 0.0232. The molecule has 4 nitrogen and oxygen atoms in total. The van der Waals surface area contributed by atoms with Gasteiger partial charge in [-0.2, -0.15) is 0 Å². The van der Waals surface area contributed by atoms with Crippen LogP contribution in [0.25, 0.3) is 10.9 Å². The molecule has 0 spiro atoms. The average molecular weight is 320 g/mol. The summed E-state index contributed by atoms with van der Waals surface area (Å²) in [5, 5.41) is 4.00. The van der Waals surface area contributed by atoms with Crippen LogP contribution in [0.2, 0.25) is 0 Å². The molecule has 0 saturated heterocycles. The van der Waals surface area contributed by atoms with Crippen molar-refractivity contribution < 1.29 is 9.59 Å². The number of ketones is 1. The Kier molecular flexibility index (Phi) is 4.21. The van der Waals surface area contributed by atoms with E-state index in [0.29, 0.717) is 23.5 Å². The summed E-state index contributed by atoms with van der Waals surface area (Å²) in [6.07, 6.45) is 0. The van der Waals surface area contributed by atoms with Gasteiger partial charge in [-0.3, -0.25) is 9.59 Å². The molecular formula is C20H20N2O2. The van der Waals surface area contributed by atoms with Crippen LogP contribution in [0.4, 0.5) is 5.69 Å². The lowest BCUT2D eigenvalue weighted by Gasteiger charge is -2.10. The maximum Gasteiger partial charge on any atom is 0.272 e. The van der Waals surface area contributed by atoms with Gasteiger partial charge in [0.2, 0.25) is 0 Å². The molecule has 3 rings (SSSR count). The zero-order valence-electron chi connectivity index (χ0n) is 14.1. The first kappa shape index (κ1) is 16.0. The molecular weight excluding hydrogens is 300 g/mol. The standard InChI is InChI=1S/C20H20N2O2/c1-4-22-18-11-6-5-10-17(18)13(2)19(22)20(24)21-16-9-7-8-15(12-16)14(3)23/h5-12H,4H2,1-3H3,(H,21,24). The van der Waals surface area contributed by atoms with Crippen LogP contribution in [0.1, 0.15) is 40.3 Å².